The first-order valence-electron chi connectivity index (χ1n) is 4.10. The van der Waals surface area contributed by atoms with Gasteiger partial charge >= 0.3 is 5.97 Å². The van der Waals surface area contributed by atoms with Crippen molar-refractivity contribution in [2.24, 2.45) is 5.73 Å². The van der Waals surface area contributed by atoms with Gasteiger partial charge in [0.15, 0.2) is 5.16 Å². The minimum Gasteiger partial charge on any atom is -0.462 e. The van der Waals surface area contributed by atoms with Gasteiger partial charge in [-0.1, -0.05) is 11.8 Å². The molecule has 0 aliphatic heterocycles. The summed E-state index contributed by atoms with van der Waals surface area (Å²) in [5.41, 5.74) is 5.65. The van der Waals surface area contributed by atoms with E-state index in [9.17, 15) is 4.79 Å². The first-order valence-corrected chi connectivity index (χ1v) is 5.08. The van der Waals surface area contributed by atoms with Crippen LogP contribution >= 0.6 is 11.8 Å². The number of hydrogen-bond acceptors (Lipinski definition) is 6. The van der Waals surface area contributed by atoms with Crippen LogP contribution in [0.15, 0.2) is 17.6 Å². The molecule has 1 aromatic rings. The highest BCUT2D eigenvalue weighted by Crippen LogP contribution is 2.09. The molecule has 0 aliphatic rings. The number of aromatic nitrogens is 2. The number of hydrogen-bond donors (Lipinski definition) is 1. The van der Waals surface area contributed by atoms with Crippen molar-refractivity contribution in [3.05, 3.63) is 18.0 Å². The summed E-state index contributed by atoms with van der Waals surface area (Å²) in [6, 6.07) is 0. The van der Waals surface area contributed by atoms with Crippen LogP contribution in [0.3, 0.4) is 0 Å². The fraction of sp³-hybridized carbons (Fsp3) is 0.375. The molecule has 2 N–H and O–H groups in total. The largest absolute Gasteiger partial charge is 0.462 e. The van der Waals surface area contributed by atoms with Gasteiger partial charge in [-0.3, -0.25) is 0 Å². The fourth-order valence-electron chi connectivity index (χ4n) is 0.785. The molecule has 0 unspecified atom stereocenters. The Balaban J connectivity index is 2.67. The smallest absolute Gasteiger partial charge is 0.341 e. The van der Waals surface area contributed by atoms with Crippen LogP contribution in [-0.2, 0) is 4.74 Å². The van der Waals surface area contributed by atoms with E-state index < -0.39 is 5.97 Å². The molecule has 0 bridgehead atoms. The Morgan fingerprint density at radius 2 is 2.21 bits per heavy atom. The van der Waals surface area contributed by atoms with E-state index in [0.717, 1.165) is 0 Å². The van der Waals surface area contributed by atoms with Crippen LogP contribution in [0.4, 0.5) is 0 Å². The van der Waals surface area contributed by atoms with Crippen molar-refractivity contribution in [2.45, 2.75) is 12.1 Å². The quantitative estimate of drug-likeness (QED) is 0.342. The monoisotopic (exact) mass is 213 g/mol. The Hall–Kier alpha value is -1.14. The van der Waals surface area contributed by atoms with Crippen LogP contribution in [0.5, 0.6) is 0 Å². The summed E-state index contributed by atoms with van der Waals surface area (Å²) < 4.78 is 4.78. The van der Waals surface area contributed by atoms with Crippen LogP contribution in [0.2, 0.25) is 0 Å². The molecule has 0 aliphatic carbocycles. The maximum Gasteiger partial charge on any atom is 0.341 e. The van der Waals surface area contributed by atoms with Crippen LogP contribution in [0, 0.1) is 0 Å². The van der Waals surface area contributed by atoms with Crippen LogP contribution in [0.1, 0.15) is 17.3 Å². The average Bonchev–Trinajstić information content (AvgIpc) is 2.20. The van der Waals surface area contributed by atoms with Crippen molar-refractivity contribution in [1.29, 1.82) is 0 Å². The highest BCUT2D eigenvalue weighted by molar-refractivity contribution is 7.99. The number of nitrogens with two attached hydrogens (primary N) is 1. The third-order valence-electron chi connectivity index (χ3n) is 1.35. The summed E-state index contributed by atoms with van der Waals surface area (Å²) in [5.74, 6) is 0.00969. The zero-order valence-corrected chi connectivity index (χ0v) is 8.58. The minimum atomic E-state index is -0.406. The normalized spacial score (nSPS) is 9.86. The molecule has 0 atom stereocenters. The second kappa shape index (κ2) is 5.56. The lowest BCUT2D eigenvalue weighted by Crippen LogP contribution is -2.06. The molecule has 5 nitrogen and oxygen atoms in total. The van der Waals surface area contributed by atoms with Gasteiger partial charge in [0.1, 0.15) is 0 Å². The third-order valence-corrected chi connectivity index (χ3v) is 1.99. The highest BCUT2D eigenvalue weighted by atomic mass is 32.2. The Kier molecular flexibility index (Phi) is 4.34. The van der Waals surface area contributed by atoms with E-state index in [1.165, 1.54) is 24.2 Å². The maximum absolute atomic E-state index is 11.2. The molecule has 0 fully saturated rings. The van der Waals surface area contributed by atoms with Gasteiger partial charge in [-0.05, 0) is 6.92 Å². The first-order chi connectivity index (χ1) is 6.77. The molecule has 1 aromatic heterocycles. The van der Waals surface area contributed by atoms with Gasteiger partial charge in [-0.25, -0.2) is 14.8 Å². The van der Waals surface area contributed by atoms with E-state index in [1.54, 1.807) is 6.92 Å². The predicted molar refractivity (Wildman–Crippen MR) is 52.9 cm³/mol. The predicted octanol–water partition coefficient (Wildman–Crippen LogP) is 0.662. The number of esters is 1. The van der Waals surface area contributed by atoms with Gasteiger partial charge in [-0.2, -0.15) is 0 Å². The van der Waals surface area contributed by atoms with Gasteiger partial charge in [0, 0.05) is 18.3 Å². The van der Waals surface area contributed by atoms with Crippen LogP contribution < -0.4 is 5.73 Å². The minimum absolute atomic E-state index is 0.345. The molecule has 1 rings (SSSR count). The van der Waals surface area contributed by atoms with Crippen molar-refractivity contribution in [1.82, 2.24) is 9.97 Å². The lowest BCUT2D eigenvalue weighted by molar-refractivity contribution is 0.0525. The fourth-order valence-corrected chi connectivity index (χ4v) is 1.19. The summed E-state index contributed by atoms with van der Waals surface area (Å²) in [7, 11) is 0. The number of carbonyl (C=O) groups excluding carboxylic acids is 1. The van der Waals surface area contributed by atoms with E-state index in [-0.39, 0.29) is 0 Å². The molecular formula is C8H11N3O2S. The van der Waals surface area contributed by atoms with Crippen LogP contribution in [0.25, 0.3) is 0 Å². The number of nitrogens with zero attached hydrogens (tertiary/aromatic N) is 2. The van der Waals surface area contributed by atoms with E-state index in [1.807, 2.05) is 0 Å². The molecule has 6 heteroatoms. The Morgan fingerprint density at radius 3 is 2.71 bits per heavy atom. The molecule has 1 heterocycles. The topological polar surface area (TPSA) is 78.1 Å². The van der Waals surface area contributed by atoms with Crippen molar-refractivity contribution in [3.8, 4) is 0 Å². The number of thioether (sulfide) groups is 1. The summed E-state index contributed by atoms with van der Waals surface area (Å²) in [6.07, 6.45) is 2.87. The summed E-state index contributed by atoms with van der Waals surface area (Å²) in [6.45, 7) is 2.09. The zero-order chi connectivity index (χ0) is 10.4. The molecule has 0 amide bonds. The zero-order valence-electron chi connectivity index (χ0n) is 7.77. The average molecular weight is 213 g/mol. The molecule has 76 valence electrons. The number of ether oxygens (including phenoxy) is 1. The molecule has 0 saturated carbocycles. The summed E-state index contributed by atoms with van der Waals surface area (Å²) >= 11 is 1.31. The Morgan fingerprint density at radius 1 is 1.57 bits per heavy atom. The second-order valence-electron chi connectivity index (χ2n) is 2.29. The van der Waals surface area contributed by atoms with E-state index >= 15 is 0 Å². The van der Waals surface area contributed by atoms with Crippen molar-refractivity contribution >= 4 is 17.7 Å². The van der Waals surface area contributed by atoms with Gasteiger partial charge in [0.2, 0.25) is 0 Å². The summed E-state index contributed by atoms with van der Waals surface area (Å²) in [4.78, 5) is 19.1. The maximum atomic E-state index is 11.2. The third kappa shape index (κ3) is 2.97. The number of carbonyl (C=O) groups is 1. The van der Waals surface area contributed by atoms with Crippen molar-refractivity contribution < 1.29 is 9.53 Å². The highest BCUT2D eigenvalue weighted by Gasteiger charge is 2.07. The van der Waals surface area contributed by atoms with Gasteiger partial charge in [0.25, 0.3) is 0 Å². The Bertz CT molecular complexity index is 302. The van der Waals surface area contributed by atoms with Gasteiger partial charge < -0.3 is 10.5 Å². The van der Waals surface area contributed by atoms with Gasteiger partial charge in [-0.15, -0.1) is 0 Å². The molecule has 0 saturated heterocycles. The molecular weight excluding hydrogens is 202 g/mol. The number of rotatable bonds is 4. The Labute approximate surface area is 86.1 Å². The van der Waals surface area contributed by atoms with Gasteiger partial charge in [0.05, 0.1) is 12.2 Å². The molecule has 14 heavy (non-hydrogen) atoms. The first kappa shape index (κ1) is 10.9. The molecule has 0 radical (unpaired) electrons. The van der Waals surface area contributed by atoms with E-state index in [4.69, 9.17) is 10.5 Å². The SMILES string of the molecule is CCOC(=O)c1cnc(SCN)nc1. The van der Waals surface area contributed by atoms with E-state index in [2.05, 4.69) is 9.97 Å². The van der Waals surface area contributed by atoms with Crippen molar-refractivity contribution in [2.75, 3.05) is 12.5 Å². The molecule has 0 aromatic carbocycles. The lowest BCUT2D eigenvalue weighted by atomic mass is 10.3. The van der Waals surface area contributed by atoms with Crippen molar-refractivity contribution in [3.63, 3.8) is 0 Å². The lowest BCUT2D eigenvalue weighted by Gasteiger charge is -2.01. The second-order valence-corrected chi connectivity index (χ2v) is 3.27. The van der Waals surface area contributed by atoms with E-state index in [0.29, 0.717) is 23.2 Å². The molecule has 0 spiro atoms. The standard InChI is InChI=1S/C8H11N3O2S/c1-2-13-7(12)6-3-10-8(11-4-6)14-5-9/h3-4H,2,5,9H2,1H3. The van der Waals surface area contributed by atoms with Crippen LogP contribution in [-0.4, -0.2) is 28.4 Å². The summed E-state index contributed by atoms with van der Waals surface area (Å²) in [5, 5.41) is 0.556.